The lowest BCUT2D eigenvalue weighted by atomic mass is 10.1. The highest BCUT2D eigenvalue weighted by Gasteiger charge is 2.37. The molecule has 1 aliphatic carbocycles. The highest BCUT2D eigenvalue weighted by Crippen LogP contribution is 2.36. The van der Waals surface area contributed by atoms with E-state index in [1.807, 2.05) is 0 Å². The number of hydrogen-bond donors (Lipinski definition) is 0. The van der Waals surface area contributed by atoms with E-state index in [-0.39, 0.29) is 5.60 Å². The molecule has 1 heterocycles. The Labute approximate surface area is 110 Å². The van der Waals surface area contributed by atoms with Crippen LogP contribution < -0.4 is 0 Å². The van der Waals surface area contributed by atoms with Crippen molar-refractivity contribution in [3.63, 3.8) is 0 Å². The van der Waals surface area contributed by atoms with E-state index in [4.69, 9.17) is 4.74 Å². The van der Waals surface area contributed by atoms with Gasteiger partial charge >= 0.3 is 0 Å². The second kappa shape index (κ2) is 5.50. The summed E-state index contributed by atoms with van der Waals surface area (Å²) in [6.45, 7) is 9.98. The molecule has 2 fully saturated rings. The van der Waals surface area contributed by atoms with Crippen molar-refractivity contribution in [2.45, 2.75) is 76.5 Å². The molecule has 0 amide bonds. The number of ether oxygens (including phenoxy) is 1. The third-order valence-corrected chi connectivity index (χ3v) is 5.11. The van der Waals surface area contributed by atoms with Crippen LogP contribution >= 0.6 is 11.8 Å². The molecule has 0 N–H and O–H groups in total. The van der Waals surface area contributed by atoms with Gasteiger partial charge in [0.2, 0.25) is 0 Å². The van der Waals surface area contributed by atoms with Gasteiger partial charge in [0, 0.05) is 18.3 Å². The first-order valence-corrected chi connectivity index (χ1v) is 8.07. The minimum atomic E-state index is -0.0239. The zero-order chi connectivity index (χ0) is 12.5. The van der Waals surface area contributed by atoms with E-state index >= 15 is 0 Å². The maximum Gasteiger partial charge on any atom is 0.0823 e. The number of rotatable bonds is 3. The monoisotopic (exact) mass is 257 g/mol. The van der Waals surface area contributed by atoms with Crippen LogP contribution in [0.1, 0.15) is 53.4 Å². The second-order valence-electron chi connectivity index (χ2n) is 6.37. The van der Waals surface area contributed by atoms with E-state index < -0.39 is 0 Å². The van der Waals surface area contributed by atoms with Gasteiger partial charge in [0.25, 0.3) is 0 Å². The van der Waals surface area contributed by atoms with Gasteiger partial charge in [-0.1, -0.05) is 12.8 Å². The lowest BCUT2D eigenvalue weighted by molar-refractivity contribution is -0.0716. The Morgan fingerprint density at radius 2 is 1.88 bits per heavy atom. The van der Waals surface area contributed by atoms with E-state index in [2.05, 4.69) is 44.4 Å². The van der Waals surface area contributed by atoms with Crippen LogP contribution in [0.2, 0.25) is 0 Å². The van der Waals surface area contributed by atoms with Gasteiger partial charge in [-0.2, -0.15) is 0 Å². The molecular weight excluding hydrogens is 230 g/mol. The average molecular weight is 257 g/mol. The highest BCUT2D eigenvalue weighted by atomic mass is 32.2. The quantitative estimate of drug-likeness (QED) is 0.768. The SMILES string of the molecule is C[C@@H](OC(C)(C)C)C1SCCN1C1CCCC1. The summed E-state index contributed by atoms with van der Waals surface area (Å²) in [6.07, 6.45) is 5.99. The fraction of sp³-hybridized carbons (Fsp3) is 1.00. The fourth-order valence-corrected chi connectivity index (χ4v) is 4.50. The minimum absolute atomic E-state index is 0.0239. The molecular formula is C14H27NOS. The molecule has 0 radical (unpaired) electrons. The zero-order valence-corrected chi connectivity index (χ0v) is 12.6. The third-order valence-electron chi connectivity index (χ3n) is 3.70. The normalized spacial score (nSPS) is 30.0. The smallest absolute Gasteiger partial charge is 0.0823 e. The van der Waals surface area contributed by atoms with Gasteiger partial charge in [-0.05, 0) is 40.5 Å². The van der Waals surface area contributed by atoms with Gasteiger partial charge in [-0.25, -0.2) is 0 Å². The molecule has 2 nitrogen and oxygen atoms in total. The van der Waals surface area contributed by atoms with Crippen LogP contribution in [0, 0.1) is 0 Å². The molecule has 0 aromatic carbocycles. The van der Waals surface area contributed by atoms with Crippen LogP contribution in [0.5, 0.6) is 0 Å². The summed E-state index contributed by atoms with van der Waals surface area (Å²) in [6, 6.07) is 0.834. The van der Waals surface area contributed by atoms with Crippen molar-refractivity contribution in [2.24, 2.45) is 0 Å². The standard InChI is InChI=1S/C14H27NOS/c1-11(16-14(2,3)4)13-15(9-10-17-13)12-7-5-6-8-12/h11-13H,5-10H2,1-4H3/t11-,13?/m1/s1. The van der Waals surface area contributed by atoms with E-state index in [0.29, 0.717) is 11.5 Å². The zero-order valence-electron chi connectivity index (χ0n) is 11.7. The molecule has 3 heteroatoms. The largest absolute Gasteiger partial charge is 0.370 e. The molecule has 2 rings (SSSR count). The van der Waals surface area contributed by atoms with Gasteiger partial charge in [-0.3, -0.25) is 4.90 Å². The molecule has 1 aliphatic heterocycles. The Balaban J connectivity index is 1.93. The Kier molecular flexibility index (Phi) is 4.43. The Hall–Kier alpha value is 0.270. The van der Waals surface area contributed by atoms with Crippen molar-refractivity contribution in [2.75, 3.05) is 12.3 Å². The van der Waals surface area contributed by atoms with Crippen LogP contribution in [0.25, 0.3) is 0 Å². The number of thioether (sulfide) groups is 1. The summed E-state index contributed by atoms with van der Waals surface area (Å²) < 4.78 is 6.15. The van der Waals surface area contributed by atoms with E-state index in [1.165, 1.54) is 38.0 Å². The first-order chi connectivity index (χ1) is 7.97. The molecule has 100 valence electrons. The summed E-state index contributed by atoms with van der Waals surface area (Å²) in [4.78, 5) is 2.72. The summed E-state index contributed by atoms with van der Waals surface area (Å²) in [5.41, 5.74) is -0.0239. The molecule has 2 atom stereocenters. The fourth-order valence-electron chi connectivity index (χ4n) is 3.15. The lowest BCUT2D eigenvalue weighted by Gasteiger charge is -2.36. The van der Waals surface area contributed by atoms with Crippen molar-refractivity contribution in [1.29, 1.82) is 0 Å². The molecule has 2 aliphatic rings. The van der Waals surface area contributed by atoms with Crippen LogP contribution in [0.4, 0.5) is 0 Å². The van der Waals surface area contributed by atoms with Gasteiger partial charge in [0.15, 0.2) is 0 Å². The first-order valence-electron chi connectivity index (χ1n) is 7.02. The van der Waals surface area contributed by atoms with Gasteiger partial charge in [0.05, 0.1) is 17.1 Å². The van der Waals surface area contributed by atoms with Crippen molar-refractivity contribution < 1.29 is 4.74 Å². The highest BCUT2D eigenvalue weighted by molar-refractivity contribution is 8.00. The molecule has 1 saturated heterocycles. The minimum Gasteiger partial charge on any atom is -0.370 e. The van der Waals surface area contributed by atoms with Crippen LogP contribution in [-0.4, -0.2) is 40.3 Å². The molecule has 0 aromatic rings. The summed E-state index contributed by atoms with van der Waals surface area (Å²) in [7, 11) is 0. The molecule has 1 saturated carbocycles. The number of nitrogens with zero attached hydrogens (tertiary/aromatic N) is 1. The molecule has 17 heavy (non-hydrogen) atoms. The Bertz CT molecular complexity index is 245. The van der Waals surface area contributed by atoms with Crippen molar-refractivity contribution in [3.8, 4) is 0 Å². The predicted molar refractivity (Wildman–Crippen MR) is 75.5 cm³/mol. The summed E-state index contributed by atoms with van der Waals surface area (Å²) >= 11 is 2.09. The van der Waals surface area contributed by atoms with Gasteiger partial charge in [0.1, 0.15) is 0 Å². The van der Waals surface area contributed by atoms with Crippen LogP contribution in [-0.2, 0) is 4.74 Å². The number of hydrogen-bond acceptors (Lipinski definition) is 3. The Morgan fingerprint density at radius 3 is 2.47 bits per heavy atom. The van der Waals surface area contributed by atoms with Crippen LogP contribution in [0.3, 0.4) is 0 Å². The van der Waals surface area contributed by atoms with Crippen LogP contribution in [0.15, 0.2) is 0 Å². The van der Waals surface area contributed by atoms with Crippen molar-refractivity contribution >= 4 is 11.8 Å². The maximum atomic E-state index is 6.15. The first kappa shape index (κ1) is 13.7. The van der Waals surface area contributed by atoms with E-state index in [9.17, 15) is 0 Å². The predicted octanol–water partition coefficient (Wildman–Crippen LogP) is 3.51. The van der Waals surface area contributed by atoms with Crippen molar-refractivity contribution in [3.05, 3.63) is 0 Å². The van der Waals surface area contributed by atoms with Gasteiger partial charge in [-0.15, -0.1) is 11.8 Å². The lowest BCUT2D eigenvalue weighted by Crippen LogP contribution is -2.45. The molecule has 0 spiro atoms. The van der Waals surface area contributed by atoms with E-state index in [0.717, 1.165) is 6.04 Å². The molecule has 0 aromatic heterocycles. The van der Waals surface area contributed by atoms with E-state index in [1.54, 1.807) is 0 Å². The molecule has 1 unspecified atom stereocenters. The summed E-state index contributed by atoms with van der Waals surface area (Å²) in [5.74, 6) is 1.28. The maximum absolute atomic E-state index is 6.15. The third kappa shape index (κ3) is 3.62. The van der Waals surface area contributed by atoms with Crippen molar-refractivity contribution in [1.82, 2.24) is 4.90 Å². The topological polar surface area (TPSA) is 12.5 Å². The van der Waals surface area contributed by atoms with Gasteiger partial charge < -0.3 is 4.74 Å². The second-order valence-corrected chi connectivity index (χ2v) is 7.60. The summed E-state index contributed by atoms with van der Waals surface area (Å²) in [5, 5.41) is 0.581. The average Bonchev–Trinajstić information content (AvgIpc) is 2.85. The Morgan fingerprint density at radius 1 is 1.24 bits per heavy atom. The molecule has 0 bridgehead atoms.